The van der Waals surface area contributed by atoms with Crippen LogP contribution < -0.4 is 10.6 Å². The molecule has 0 aromatic carbocycles. The molecule has 3 N–H and O–H groups in total. The molecular weight excluding hydrogens is 264 g/mol. The summed E-state index contributed by atoms with van der Waals surface area (Å²) in [7, 11) is 0. The van der Waals surface area contributed by atoms with Crippen molar-refractivity contribution in [1.82, 2.24) is 4.98 Å². The number of oxime groups is 1. The van der Waals surface area contributed by atoms with Crippen LogP contribution in [-0.2, 0) is 12.8 Å². The van der Waals surface area contributed by atoms with Gasteiger partial charge in [-0.1, -0.05) is 5.16 Å². The summed E-state index contributed by atoms with van der Waals surface area (Å²) >= 11 is 0. The third kappa shape index (κ3) is 2.45. The zero-order chi connectivity index (χ0) is 15.0. The molecule has 114 valence electrons. The summed E-state index contributed by atoms with van der Waals surface area (Å²) in [4.78, 5) is 7.23. The Morgan fingerprint density at radius 1 is 1.33 bits per heavy atom. The first kappa shape index (κ1) is 14.2. The Balaban J connectivity index is 2.13. The van der Waals surface area contributed by atoms with Gasteiger partial charge in [0.2, 0.25) is 0 Å². The topological polar surface area (TPSA) is 74.7 Å². The number of hydrogen-bond acceptors (Lipinski definition) is 4. The fraction of sp³-hybridized carbons (Fsp3) is 0.625. The lowest BCUT2D eigenvalue weighted by atomic mass is 9.94. The van der Waals surface area contributed by atoms with E-state index < -0.39 is 0 Å². The number of anilines is 1. The van der Waals surface area contributed by atoms with Crippen molar-refractivity contribution in [3.8, 4) is 0 Å². The predicted octanol–water partition coefficient (Wildman–Crippen LogP) is 2.43. The van der Waals surface area contributed by atoms with Crippen molar-refractivity contribution in [3.05, 3.63) is 22.9 Å². The fourth-order valence-corrected chi connectivity index (χ4v) is 3.57. The number of fused-ring (bicyclic) bond motifs is 1. The third-order valence-corrected chi connectivity index (χ3v) is 4.82. The number of amidine groups is 1. The van der Waals surface area contributed by atoms with Gasteiger partial charge < -0.3 is 15.8 Å². The Morgan fingerprint density at radius 2 is 2.10 bits per heavy atom. The van der Waals surface area contributed by atoms with Gasteiger partial charge in [-0.2, -0.15) is 0 Å². The van der Waals surface area contributed by atoms with Crippen LogP contribution in [0.4, 0.5) is 5.82 Å². The monoisotopic (exact) mass is 288 g/mol. The first-order valence-electron chi connectivity index (χ1n) is 7.81. The molecule has 3 rings (SSSR count). The molecule has 1 aromatic heterocycles. The fourth-order valence-electron chi connectivity index (χ4n) is 3.57. The number of aromatic nitrogens is 1. The van der Waals surface area contributed by atoms with Crippen LogP contribution in [-0.4, -0.2) is 28.1 Å². The van der Waals surface area contributed by atoms with Crippen molar-refractivity contribution in [2.24, 2.45) is 10.9 Å². The minimum absolute atomic E-state index is 0.0698. The van der Waals surface area contributed by atoms with Crippen LogP contribution in [0, 0.1) is 0 Å². The van der Waals surface area contributed by atoms with Gasteiger partial charge in [0.05, 0.1) is 5.56 Å². The van der Waals surface area contributed by atoms with Crippen molar-refractivity contribution in [2.75, 3.05) is 11.4 Å². The minimum atomic E-state index is 0.0698. The van der Waals surface area contributed by atoms with E-state index >= 15 is 0 Å². The third-order valence-electron chi connectivity index (χ3n) is 4.82. The second-order valence-corrected chi connectivity index (χ2v) is 6.73. The van der Waals surface area contributed by atoms with Gasteiger partial charge in [-0.15, -0.1) is 0 Å². The Kier molecular flexibility index (Phi) is 3.51. The van der Waals surface area contributed by atoms with E-state index in [0.717, 1.165) is 43.6 Å². The maximum Gasteiger partial charge on any atom is 0.173 e. The molecule has 0 radical (unpaired) electrons. The lowest BCUT2D eigenvalue weighted by Gasteiger charge is -2.34. The molecule has 1 aromatic rings. The molecule has 2 heterocycles. The summed E-state index contributed by atoms with van der Waals surface area (Å²) in [6.45, 7) is 5.44. The van der Waals surface area contributed by atoms with Gasteiger partial charge in [-0.05, 0) is 64.0 Å². The van der Waals surface area contributed by atoms with Gasteiger partial charge in [0.15, 0.2) is 5.84 Å². The maximum atomic E-state index is 9.11. The first-order valence-corrected chi connectivity index (χ1v) is 7.81. The normalized spacial score (nSPS) is 21.4. The number of aryl methyl sites for hydroxylation is 2. The quantitative estimate of drug-likeness (QED) is 0.379. The molecule has 0 unspecified atom stereocenters. The second-order valence-electron chi connectivity index (χ2n) is 6.73. The number of pyridine rings is 1. The largest absolute Gasteiger partial charge is 0.409 e. The van der Waals surface area contributed by atoms with Crippen molar-refractivity contribution in [3.63, 3.8) is 0 Å². The highest BCUT2D eigenvalue weighted by Crippen LogP contribution is 2.36. The molecule has 1 fully saturated rings. The number of hydrogen-bond donors (Lipinski definition) is 2. The first-order chi connectivity index (χ1) is 10.0. The molecule has 2 aliphatic rings. The van der Waals surface area contributed by atoms with E-state index in [-0.39, 0.29) is 11.4 Å². The summed E-state index contributed by atoms with van der Waals surface area (Å²) in [6, 6.07) is 2.08. The van der Waals surface area contributed by atoms with Crippen LogP contribution >= 0.6 is 0 Å². The van der Waals surface area contributed by atoms with Crippen LogP contribution in [0.5, 0.6) is 0 Å². The SMILES string of the molecule is CC1(C)CCCN1c1nc2c(cc1C(N)=NO)CCCC2. The van der Waals surface area contributed by atoms with Crippen LogP contribution in [0.3, 0.4) is 0 Å². The molecular formula is C16H24N4O. The molecule has 0 saturated carbocycles. The summed E-state index contributed by atoms with van der Waals surface area (Å²) in [6.07, 6.45) is 6.76. The van der Waals surface area contributed by atoms with E-state index in [1.54, 1.807) is 0 Å². The Bertz CT molecular complexity index is 580. The highest BCUT2D eigenvalue weighted by Gasteiger charge is 2.35. The molecule has 1 saturated heterocycles. The Labute approximate surface area is 125 Å². The van der Waals surface area contributed by atoms with E-state index in [4.69, 9.17) is 15.9 Å². The van der Waals surface area contributed by atoms with E-state index in [1.807, 2.05) is 0 Å². The zero-order valence-corrected chi connectivity index (χ0v) is 12.9. The van der Waals surface area contributed by atoms with Crippen LogP contribution in [0.2, 0.25) is 0 Å². The molecule has 0 amide bonds. The lowest BCUT2D eigenvalue weighted by Crippen LogP contribution is -2.40. The summed E-state index contributed by atoms with van der Waals surface area (Å²) in [5.74, 6) is 1.04. The van der Waals surface area contributed by atoms with Gasteiger partial charge in [-0.25, -0.2) is 4.98 Å². The van der Waals surface area contributed by atoms with Gasteiger partial charge in [0.1, 0.15) is 5.82 Å². The van der Waals surface area contributed by atoms with Crippen LogP contribution in [0.15, 0.2) is 11.2 Å². The Hall–Kier alpha value is -1.78. The smallest absolute Gasteiger partial charge is 0.173 e. The van der Waals surface area contributed by atoms with Gasteiger partial charge in [-0.3, -0.25) is 0 Å². The zero-order valence-electron chi connectivity index (χ0n) is 12.9. The van der Waals surface area contributed by atoms with Crippen molar-refractivity contribution in [2.45, 2.75) is 57.9 Å². The molecule has 0 spiro atoms. The molecule has 0 atom stereocenters. The molecule has 21 heavy (non-hydrogen) atoms. The molecule has 1 aliphatic carbocycles. The van der Waals surface area contributed by atoms with Crippen molar-refractivity contribution < 1.29 is 5.21 Å². The molecule has 1 aliphatic heterocycles. The van der Waals surface area contributed by atoms with Crippen molar-refractivity contribution in [1.29, 1.82) is 0 Å². The summed E-state index contributed by atoms with van der Waals surface area (Å²) < 4.78 is 0. The van der Waals surface area contributed by atoms with E-state index in [9.17, 15) is 0 Å². The van der Waals surface area contributed by atoms with Crippen LogP contribution in [0.1, 0.15) is 56.4 Å². The number of nitrogens with zero attached hydrogens (tertiary/aromatic N) is 3. The van der Waals surface area contributed by atoms with E-state index in [1.165, 1.54) is 24.1 Å². The number of rotatable bonds is 2. The van der Waals surface area contributed by atoms with Crippen molar-refractivity contribution >= 4 is 11.7 Å². The standard InChI is InChI=1S/C16H24N4O/c1-16(2)8-5-9-20(16)15-12(14(17)19-21)10-11-6-3-4-7-13(11)18-15/h10,21H,3-9H2,1-2H3,(H2,17,19). The minimum Gasteiger partial charge on any atom is -0.409 e. The average Bonchev–Trinajstić information content (AvgIpc) is 2.84. The van der Waals surface area contributed by atoms with Gasteiger partial charge in [0, 0.05) is 17.8 Å². The molecule has 0 bridgehead atoms. The summed E-state index contributed by atoms with van der Waals surface area (Å²) in [5, 5.41) is 12.3. The van der Waals surface area contributed by atoms with Gasteiger partial charge in [0.25, 0.3) is 0 Å². The second kappa shape index (κ2) is 5.20. The van der Waals surface area contributed by atoms with E-state index in [0.29, 0.717) is 0 Å². The number of nitrogens with two attached hydrogens (primary N) is 1. The summed E-state index contributed by atoms with van der Waals surface area (Å²) in [5.41, 5.74) is 9.20. The highest BCUT2D eigenvalue weighted by atomic mass is 16.4. The molecule has 5 heteroatoms. The van der Waals surface area contributed by atoms with Gasteiger partial charge >= 0.3 is 0 Å². The average molecular weight is 288 g/mol. The molecule has 5 nitrogen and oxygen atoms in total. The van der Waals surface area contributed by atoms with E-state index in [2.05, 4.69) is 30.0 Å². The highest BCUT2D eigenvalue weighted by molar-refractivity contribution is 6.01. The predicted molar refractivity (Wildman–Crippen MR) is 84.0 cm³/mol. The lowest BCUT2D eigenvalue weighted by molar-refractivity contribution is 0.318. The maximum absolute atomic E-state index is 9.11. The Morgan fingerprint density at radius 3 is 2.76 bits per heavy atom. The van der Waals surface area contributed by atoms with Crippen LogP contribution in [0.25, 0.3) is 0 Å².